The van der Waals surface area contributed by atoms with Crippen LogP contribution in [0.1, 0.15) is 6.42 Å². The molecule has 0 aliphatic rings. The van der Waals surface area contributed by atoms with E-state index in [0.717, 1.165) is 6.07 Å². The highest BCUT2D eigenvalue weighted by atomic mass is 35.5. The lowest BCUT2D eigenvalue weighted by atomic mass is 10.3. The van der Waals surface area contributed by atoms with Crippen LogP contribution in [0.15, 0.2) is 51.7 Å². The molecule has 3 aromatic rings. The minimum Gasteiger partial charge on any atom is -0.408 e. The standard InChI is InChI=1S/C16H12ClFN2O3/c17-10-5-6-12(11(18)9-10)19-15(21)7-8-20-13-3-1-2-4-14(13)23-16(20)22/h1-6,9H,7-8H2,(H,19,21). The highest BCUT2D eigenvalue weighted by molar-refractivity contribution is 6.30. The van der Waals surface area contributed by atoms with Gasteiger partial charge in [0.2, 0.25) is 5.91 Å². The molecule has 0 aliphatic carbocycles. The third kappa shape index (κ3) is 3.27. The molecule has 1 aromatic heterocycles. The maximum Gasteiger partial charge on any atom is 0.419 e. The van der Waals surface area contributed by atoms with Gasteiger partial charge in [-0.3, -0.25) is 9.36 Å². The molecule has 0 saturated heterocycles. The van der Waals surface area contributed by atoms with Gasteiger partial charge in [0.05, 0.1) is 11.2 Å². The van der Waals surface area contributed by atoms with Gasteiger partial charge in [-0.25, -0.2) is 9.18 Å². The fourth-order valence-corrected chi connectivity index (χ4v) is 2.40. The number of fused-ring (bicyclic) bond motifs is 1. The van der Waals surface area contributed by atoms with Crippen LogP contribution in [0.2, 0.25) is 5.02 Å². The summed E-state index contributed by atoms with van der Waals surface area (Å²) in [4.78, 5) is 23.7. The molecule has 0 radical (unpaired) electrons. The van der Waals surface area contributed by atoms with Crippen LogP contribution in [-0.2, 0) is 11.3 Å². The van der Waals surface area contributed by atoms with E-state index >= 15 is 0 Å². The Balaban J connectivity index is 1.71. The molecule has 0 bridgehead atoms. The van der Waals surface area contributed by atoms with Gasteiger partial charge in [-0.2, -0.15) is 0 Å². The van der Waals surface area contributed by atoms with E-state index in [1.165, 1.54) is 16.7 Å². The lowest BCUT2D eigenvalue weighted by molar-refractivity contribution is -0.116. The number of hydrogen-bond donors (Lipinski definition) is 1. The van der Waals surface area contributed by atoms with E-state index < -0.39 is 17.5 Å². The number of nitrogens with one attached hydrogen (secondary N) is 1. The number of halogens is 2. The van der Waals surface area contributed by atoms with Crippen molar-refractivity contribution in [1.29, 1.82) is 0 Å². The fraction of sp³-hybridized carbons (Fsp3) is 0.125. The maximum absolute atomic E-state index is 13.6. The number of amides is 1. The van der Waals surface area contributed by atoms with Crippen molar-refractivity contribution >= 4 is 34.3 Å². The Morgan fingerprint density at radius 3 is 2.83 bits per heavy atom. The number of para-hydroxylation sites is 2. The highest BCUT2D eigenvalue weighted by Crippen LogP contribution is 2.19. The van der Waals surface area contributed by atoms with Crippen LogP contribution in [0.25, 0.3) is 11.1 Å². The number of benzene rings is 2. The molecule has 0 fully saturated rings. The lowest BCUT2D eigenvalue weighted by Gasteiger charge is -2.07. The predicted octanol–water partition coefficient (Wildman–Crippen LogP) is 3.42. The van der Waals surface area contributed by atoms with Crippen molar-refractivity contribution in [3.05, 3.63) is 63.9 Å². The average Bonchev–Trinajstić information content (AvgIpc) is 2.83. The largest absolute Gasteiger partial charge is 0.419 e. The van der Waals surface area contributed by atoms with Crippen molar-refractivity contribution in [3.8, 4) is 0 Å². The summed E-state index contributed by atoms with van der Waals surface area (Å²) in [7, 11) is 0. The van der Waals surface area contributed by atoms with Crippen molar-refractivity contribution in [2.24, 2.45) is 0 Å². The maximum atomic E-state index is 13.6. The molecular weight excluding hydrogens is 323 g/mol. The zero-order valence-corrected chi connectivity index (χ0v) is 12.6. The van der Waals surface area contributed by atoms with Crippen molar-refractivity contribution in [1.82, 2.24) is 4.57 Å². The predicted molar refractivity (Wildman–Crippen MR) is 85.1 cm³/mol. The van der Waals surface area contributed by atoms with Crippen LogP contribution >= 0.6 is 11.6 Å². The van der Waals surface area contributed by atoms with Crippen LogP contribution in [0.3, 0.4) is 0 Å². The van der Waals surface area contributed by atoms with E-state index in [9.17, 15) is 14.0 Å². The lowest BCUT2D eigenvalue weighted by Crippen LogP contribution is -2.20. The summed E-state index contributed by atoms with van der Waals surface area (Å²) in [5.41, 5.74) is 1.12. The fourth-order valence-electron chi connectivity index (χ4n) is 2.24. The minimum atomic E-state index is -0.614. The summed E-state index contributed by atoms with van der Waals surface area (Å²) in [6, 6.07) is 10.9. The van der Waals surface area contributed by atoms with E-state index in [2.05, 4.69) is 5.32 Å². The molecule has 0 saturated carbocycles. The Morgan fingerprint density at radius 1 is 1.26 bits per heavy atom. The monoisotopic (exact) mass is 334 g/mol. The van der Waals surface area contributed by atoms with Crippen LogP contribution < -0.4 is 11.1 Å². The first-order valence-electron chi connectivity index (χ1n) is 6.88. The zero-order valence-electron chi connectivity index (χ0n) is 11.9. The third-order valence-corrected chi connectivity index (χ3v) is 3.58. The van der Waals surface area contributed by atoms with Crippen molar-refractivity contribution in [2.75, 3.05) is 5.32 Å². The van der Waals surface area contributed by atoms with E-state index in [1.54, 1.807) is 24.3 Å². The SMILES string of the molecule is O=C(CCn1c(=O)oc2ccccc21)Nc1ccc(Cl)cc1F. The van der Waals surface area contributed by atoms with Crippen LogP contribution in [0.5, 0.6) is 0 Å². The summed E-state index contributed by atoms with van der Waals surface area (Å²) in [5.74, 6) is -1.56. The van der Waals surface area contributed by atoms with Gasteiger partial charge in [0, 0.05) is 18.0 Å². The van der Waals surface area contributed by atoms with Gasteiger partial charge in [0.25, 0.3) is 0 Å². The molecule has 23 heavy (non-hydrogen) atoms. The van der Waals surface area contributed by atoms with E-state index in [4.69, 9.17) is 16.0 Å². The Hall–Kier alpha value is -2.60. The normalized spacial score (nSPS) is 10.9. The zero-order chi connectivity index (χ0) is 16.4. The second kappa shape index (κ2) is 6.26. The Morgan fingerprint density at radius 2 is 2.04 bits per heavy atom. The number of carbonyl (C=O) groups excluding carboxylic acids is 1. The summed E-state index contributed by atoms with van der Waals surface area (Å²) in [6.45, 7) is 0.136. The highest BCUT2D eigenvalue weighted by Gasteiger charge is 2.12. The van der Waals surface area contributed by atoms with Gasteiger partial charge < -0.3 is 9.73 Å². The number of aromatic nitrogens is 1. The molecule has 118 valence electrons. The van der Waals surface area contributed by atoms with Gasteiger partial charge in [0.15, 0.2) is 5.58 Å². The first kappa shape index (κ1) is 15.3. The quantitative estimate of drug-likeness (QED) is 0.795. The second-order valence-electron chi connectivity index (χ2n) is 4.91. The first-order chi connectivity index (χ1) is 11.0. The third-order valence-electron chi connectivity index (χ3n) is 3.34. The molecule has 1 N–H and O–H groups in total. The van der Waals surface area contributed by atoms with Crippen molar-refractivity contribution in [2.45, 2.75) is 13.0 Å². The average molecular weight is 335 g/mol. The van der Waals surface area contributed by atoms with Gasteiger partial charge in [-0.1, -0.05) is 23.7 Å². The topological polar surface area (TPSA) is 64.2 Å². The minimum absolute atomic E-state index is 0.00546. The molecule has 0 unspecified atom stereocenters. The van der Waals surface area contributed by atoms with E-state index in [0.29, 0.717) is 11.1 Å². The number of carbonyl (C=O) groups is 1. The summed E-state index contributed by atoms with van der Waals surface area (Å²) in [5, 5.41) is 2.70. The van der Waals surface area contributed by atoms with E-state index in [-0.39, 0.29) is 23.7 Å². The van der Waals surface area contributed by atoms with E-state index in [1.807, 2.05) is 0 Å². The molecule has 0 spiro atoms. The number of aryl methyl sites for hydroxylation is 1. The number of nitrogens with zero attached hydrogens (tertiary/aromatic N) is 1. The van der Waals surface area contributed by atoms with Crippen LogP contribution in [0, 0.1) is 5.82 Å². The van der Waals surface area contributed by atoms with Gasteiger partial charge in [-0.15, -0.1) is 0 Å². The molecule has 0 atom stereocenters. The smallest absolute Gasteiger partial charge is 0.408 e. The van der Waals surface area contributed by atoms with Gasteiger partial charge in [0.1, 0.15) is 5.82 Å². The molecule has 2 aromatic carbocycles. The first-order valence-corrected chi connectivity index (χ1v) is 7.25. The molecule has 1 heterocycles. The Kier molecular flexibility index (Phi) is 4.16. The molecule has 3 rings (SSSR count). The molecule has 7 heteroatoms. The Bertz CT molecular complexity index is 932. The number of anilines is 1. The summed E-state index contributed by atoms with van der Waals surface area (Å²) >= 11 is 5.65. The van der Waals surface area contributed by atoms with Crippen molar-refractivity contribution < 1.29 is 13.6 Å². The molecule has 1 amide bonds. The number of oxazole rings is 1. The second-order valence-corrected chi connectivity index (χ2v) is 5.35. The van der Waals surface area contributed by atoms with Crippen molar-refractivity contribution in [3.63, 3.8) is 0 Å². The Labute approximate surface area is 135 Å². The molecule has 0 aliphatic heterocycles. The van der Waals surface area contributed by atoms with Crippen LogP contribution in [-0.4, -0.2) is 10.5 Å². The number of hydrogen-bond acceptors (Lipinski definition) is 3. The molecule has 5 nitrogen and oxygen atoms in total. The van der Waals surface area contributed by atoms with Crippen LogP contribution in [0.4, 0.5) is 10.1 Å². The summed E-state index contributed by atoms with van der Waals surface area (Å²) in [6.07, 6.45) is 0.00546. The summed E-state index contributed by atoms with van der Waals surface area (Å²) < 4.78 is 20.1. The number of rotatable bonds is 4. The van der Waals surface area contributed by atoms with Gasteiger partial charge >= 0.3 is 5.76 Å². The van der Waals surface area contributed by atoms with Gasteiger partial charge in [-0.05, 0) is 30.3 Å². The molecular formula is C16H12ClFN2O3.